The molecule has 0 bridgehead atoms. The van der Waals surface area contributed by atoms with Gasteiger partial charge in [-0.2, -0.15) is 0 Å². The zero-order valence-corrected chi connectivity index (χ0v) is 9.33. The van der Waals surface area contributed by atoms with E-state index in [1.807, 2.05) is 0 Å². The SMILES string of the molecule is CC(C)(C)OC(=O)C[C@H](N)C(=O)OB(F)F. The largest absolute Gasteiger partial charge is 0.798 e. The maximum absolute atomic E-state index is 11.6. The average molecular weight is 237 g/mol. The van der Waals surface area contributed by atoms with Gasteiger partial charge in [-0.1, -0.05) is 0 Å². The molecule has 0 unspecified atom stereocenters. The molecular weight excluding hydrogens is 223 g/mol. The molecule has 1 atom stereocenters. The molecule has 0 aromatic heterocycles. The molecule has 0 aliphatic carbocycles. The van der Waals surface area contributed by atoms with Gasteiger partial charge in [0.2, 0.25) is 0 Å². The van der Waals surface area contributed by atoms with Crippen LogP contribution in [-0.2, 0) is 19.0 Å². The minimum atomic E-state index is -3.24. The fraction of sp³-hybridized carbons (Fsp3) is 0.750. The van der Waals surface area contributed by atoms with Crippen molar-refractivity contribution in [1.29, 1.82) is 0 Å². The zero-order valence-electron chi connectivity index (χ0n) is 9.33. The Morgan fingerprint density at radius 2 is 1.88 bits per heavy atom. The van der Waals surface area contributed by atoms with Crippen LogP contribution < -0.4 is 5.73 Å². The molecule has 0 aromatic rings. The Morgan fingerprint density at radius 3 is 2.25 bits per heavy atom. The molecule has 2 N–H and O–H groups in total. The third-order valence-electron chi connectivity index (χ3n) is 1.31. The molecule has 0 radical (unpaired) electrons. The van der Waals surface area contributed by atoms with Crippen molar-refractivity contribution in [2.24, 2.45) is 5.73 Å². The van der Waals surface area contributed by atoms with Crippen molar-refractivity contribution < 1.29 is 27.6 Å². The van der Waals surface area contributed by atoms with Crippen LogP contribution in [0.4, 0.5) is 8.63 Å². The van der Waals surface area contributed by atoms with E-state index in [-0.39, 0.29) is 0 Å². The van der Waals surface area contributed by atoms with Crippen molar-refractivity contribution in [3.8, 4) is 0 Å². The van der Waals surface area contributed by atoms with Gasteiger partial charge in [-0.3, -0.25) is 9.59 Å². The zero-order chi connectivity index (χ0) is 12.9. The summed E-state index contributed by atoms with van der Waals surface area (Å²) in [5.41, 5.74) is 4.46. The van der Waals surface area contributed by atoms with Crippen LogP contribution in [0, 0.1) is 0 Å². The van der Waals surface area contributed by atoms with Gasteiger partial charge in [0, 0.05) is 0 Å². The highest BCUT2D eigenvalue weighted by molar-refractivity contribution is 6.37. The van der Waals surface area contributed by atoms with E-state index in [2.05, 4.69) is 4.65 Å². The average Bonchev–Trinajstić information content (AvgIpc) is 1.98. The molecule has 0 heterocycles. The number of carbonyl (C=O) groups excluding carboxylic acids is 2. The summed E-state index contributed by atoms with van der Waals surface area (Å²) in [7, 11) is -3.24. The van der Waals surface area contributed by atoms with Crippen molar-refractivity contribution in [2.45, 2.75) is 38.8 Å². The second kappa shape index (κ2) is 5.79. The minimum Gasteiger partial charge on any atom is -0.477 e. The van der Waals surface area contributed by atoms with Crippen LogP contribution >= 0.6 is 0 Å². The van der Waals surface area contributed by atoms with E-state index in [1.54, 1.807) is 20.8 Å². The number of halogens is 2. The van der Waals surface area contributed by atoms with Crippen molar-refractivity contribution in [1.82, 2.24) is 0 Å². The molecule has 0 amide bonds. The molecule has 0 aromatic carbocycles. The predicted molar refractivity (Wildman–Crippen MR) is 52.5 cm³/mol. The van der Waals surface area contributed by atoms with Crippen molar-refractivity contribution in [2.75, 3.05) is 0 Å². The Balaban J connectivity index is 4.09. The van der Waals surface area contributed by atoms with Crippen molar-refractivity contribution in [3.63, 3.8) is 0 Å². The molecule has 0 rings (SSSR count). The van der Waals surface area contributed by atoms with Gasteiger partial charge in [0.15, 0.2) is 0 Å². The lowest BCUT2D eigenvalue weighted by atomic mass is 10.1. The molecule has 0 aliphatic rings. The summed E-state index contributed by atoms with van der Waals surface area (Å²) in [6.07, 6.45) is -0.497. The van der Waals surface area contributed by atoms with Gasteiger partial charge in [-0.15, -0.1) is 0 Å². The maximum Gasteiger partial charge on any atom is 0.798 e. The molecule has 0 saturated carbocycles. The highest BCUT2D eigenvalue weighted by atomic mass is 19.2. The number of hydrogen-bond acceptors (Lipinski definition) is 5. The Labute approximate surface area is 92.5 Å². The van der Waals surface area contributed by atoms with Crippen LogP contribution in [0.3, 0.4) is 0 Å². The van der Waals surface area contributed by atoms with Crippen LogP contribution in [-0.4, -0.2) is 31.1 Å². The van der Waals surface area contributed by atoms with E-state index in [1.165, 1.54) is 0 Å². The minimum absolute atomic E-state index is 0.497. The first-order valence-electron chi connectivity index (χ1n) is 4.58. The topological polar surface area (TPSA) is 78.6 Å². The van der Waals surface area contributed by atoms with Crippen LogP contribution in [0.15, 0.2) is 0 Å². The van der Waals surface area contributed by atoms with E-state index < -0.39 is 37.5 Å². The standard InChI is InChI=1S/C8H14BF2NO4/c1-8(2,3)15-6(13)4-5(12)7(14)16-9(10)11/h5H,4,12H2,1-3H3/t5-/m0/s1. The predicted octanol–water partition coefficient (Wildman–Crippen LogP) is 0.513. The van der Waals surface area contributed by atoms with E-state index in [0.29, 0.717) is 0 Å². The van der Waals surface area contributed by atoms with Crippen molar-refractivity contribution in [3.05, 3.63) is 0 Å². The third-order valence-corrected chi connectivity index (χ3v) is 1.31. The number of nitrogens with two attached hydrogens (primary N) is 1. The molecule has 0 fully saturated rings. The number of ether oxygens (including phenoxy) is 1. The molecule has 8 heteroatoms. The summed E-state index contributed by atoms with van der Waals surface area (Å²) in [4.78, 5) is 22.0. The summed E-state index contributed by atoms with van der Waals surface area (Å²) in [6, 6.07) is -1.44. The third kappa shape index (κ3) is 7.16. The van der Waals surface area contributed by atoms with E-state index in [4.69, 9.17) is 10.5 Å². The monoisotopic (exact) mass is 237 g/mol. The Kier molecular flexibility index (Phi) is 5.36. The summed E-state index contributed by atoms with van der Waals surface area (Å²) < 4.78 is 31.7. The fourth-order valence-corrected chi connectivity index (χ4v) is 0.821. The first-order valence-corrected chi connectivity index (χ1v) is 4.58. The van der Waals surface area contributed by atoms with Crippen LogP contribution in [0.2, 0.25) is 0 Å². The summed E-state index contributed by atoms with van der Waals surface area (Å²) in [5.74, 6) is -2.08. The summed E-state index contributed by atoms with van der Waals surface area (Å²) in [5, 5.41) is 0. The van der Waals surface area contributed by atoms with E-state index in [9.17, 15) is 18.2 Å². The molecule has 5 nitrogen and oxygen atoms in total. The Morgan fingerprint density at radius 1 is 1.38 bits per heavy atom. The van der Waals surface area contributed by atoms with Crippen LogP contribution in [0.5, 0.6) is 0 Å². The number of esters is 1. The van der Waals surface area contributed by atoms with Gasteiger partial charge in [-0.05, 0) is 20.8 Å². The highest BCUT2D eigenvalue weighted by Crippen LogP contribution is 2.09. The molecule has 0 aliphatic heterocycles. The lowest BCUT2D eigenvalue weighted by Gasteiger charge is -2.20. The lowest BCUT2D eigenvalue weighted by Crippen LogP contribution is -2.38. The second-order valence-corrected chi connectivity index (χ2v) is 4.09. The number of carbonyl (C=O) groups is 2. The fourth-order valence-electron chi connectivity index (χ4n) is 0.821. The summed E-state index contributed by atoms with van der Waals surface area (Å²) >= 11 is 0. The molecule has 0 saturated heterocycles. The van der Waals surface area contributed by atoms with E-state index in [0.717, 1.165) is 0 Å². The van der Waals surface area contributed by atoms with Crippen LogP contribution in [0.25, 0.3) is 0 Å². The lowest BCUT2D eigenvalue weighted by molar-refractivity contribution is -0.157. The molecule has 0 spiro atoms. The maximum atomic E-state index is 11.6. The van der Waals surface area contributed by atoms with Gasteiger partial charge < -0.3 is 15.1 Å². The normalized spacial score (nSPS) is 12.9. The second-order valence-electron chi connectivity index (χ2n) is 4.09. The first-order chi connectivity index (χ1) is 7.11. The Bertz CT molecular complexity index is 267. The van der Waals surface area contributed by atoms with Crippen molar-refractivity contribution >= 4 is 19.4 Å². The number of hydrogen-bond donors (Lipinski definition) is 1. The van der Waals surface area contributed by atoms with Crippen LogP contribution in [0.1, 0.15) is 27.2 Å². The van der Waals surface area contributed by atoms with Gasteiger partial charge in [-0.25, -0.2) is 8.63 Å². The van der Waals surface area contributed by atoms with Gasteiger partial charge >= 0.3 is 19.4 Å². The van der Waals surface area contributed by atoms with Gasteiger partial charge in [0.05, 0.1) is 6.42 Å². The number of rotatable bonds is 4. The highest BCUT2D eigenvalue weighted by Gasteiger charge is 2.28. The Hall–Kier alpha value is -1.18. The smallest absolute Gasteiger partial charge is 0.477 e. The first kappa shape index (κ1) is 14.8. The quantitative estimate of drug-likeness (QED) is 0.569. The van der Waals surface area contributed by atoms with Gasteiger partial charge in [0.25, 0.3) is 0 Å². The molecular formula is C8H14BF2NO4. The van der Waals surface area contributed by atoms with Gasteiger partial charge in [0.1, 0.15) is 11.6 Å². The van der Waals surface area contributed by atoms with E-state index >= 15 is 0 Å². The summed E-state index contributed by atoms with van der Waals surface area (Å²) in [6.45, 7) is 4.90. The molecule has 92 valence electrons. The molecule has 16 heavy (non-hydrogen) atoms.